The summed E-state index contributed by atoms with van der Waals surface area (Å²) in [6.45, 7) is 0. The molecule has 0 fully saturated rings. The zero-order chi connectivity index (χ0) is 11.0. The third-order valence-corrected chi connectivity index (χ3v) is 2.14. The Labute approximate surface area is 83.2 Å². The number of carbonyl (C=O) groups excluding carboxylic acids is 1. The van der Waals surface area contributed by atoms with Crippen molar-refractivity contribution in [3.63, 3.8) is 0 Å². The van der Waals surface area contributed by atoms with Gasteiger partial charge in [-0.05, 0) is 12.5 Å². The van der Waals surface area contributed by atoms with Crippen LogP contribution in [0.15, 0.2) is 23.3 Å². The van der Waals surface area contributed by atoms with E-state index in [4.69, 9.17) is 17.3 Å². The molecule has 1 aliphatic carbocycles. The van der Waals surface area contributed by atoms with Crippen LogP contribution >= 0.6 is 11.6 Å². The molecule has 0 saturated heterocycles. The number of nitrogens with two attached hydrogens (primary N) is 1. The predicted octanol–water partition coefficient (Wildman–Crippen LogP) is 1.90. The first kappa shape index (κ1) is 11.3. The molecule has 0 aromatic carbocycles. The Hall–Kier alpha value is -0.810. The van der Waals surface area contributed by atoms with Crippen LogP contribution in [0.25, 0.3) is 0 Å². The minimum absolute atomic E-state index is 0.235. The molecule has 0 bridgehead atoms. The summed E-state index contributed by atoms with van der Waals surface area (Å²) >= 11 is 5.49. The molecule has 0 radical (unpaired) electrons. The maximum absolute atomic E-state index is 12.1. The topological polar surface area (TPSA) is 43.1 Å². The number of ketones is 1. The lowest BCUT2D eigenvalue weighted by atomic mass is 9.87. The number of hydrogen-bond donors (Lipinski definition) is 1. The molecule has 2 N–H and O–H groups in total. The summed E-state index contributed by atoms with van der Waals surface area (Å²) < 4.78 is 36.2. The van der Waals surface area contributed by atoms with Gasteiger partial charge in [0.2, 0.25) is 0 Å². The standard InChI is InChI=1S/C8H7ClF3NO/c9-5-1-3-7(13,4-2-5)6(14)8(10,11)12/h1-3H,4,13H2. The van der Waals surface area contributed by atoms with E-state index in [1.807, 2.05) is 0 Å². The molecule has 0 amide bonds. The summed E-state index contributed by atoms with van der Waals surface area (Å²) in [5.74, 6) is -1.96. The maximum Gasteiger partial charge on any atom is 0.452 e. The number of carbonyl (C=O) groups is 1. The van der Waals surface area contributed by atoms with Gasteiger partial charge in [0.15, 0.2) is 0 Å². The van der Waals surface area contributed by atoms with Crippen LogP contribution < -0.4 is 5.73 Å². The number of halogens is 4. The van der Waals surface area contributed by atoms with Gasteiger partial charge < -0.3 is 5.73 Å². The van der Waals surface area contributed by atoms with Crippen LogP contribution in [-0.2, 0) is 4.79 Å². The van der Waals surface area contributed by atoms with E-state index in [-0.39, 0.29) is 11.5 Å². The molecule has 14 heavy (non-hydrogen) atoms. The van der Waals surface area contributed by atoms with Crippen molar-refractivity contribution in [2.24, 2.45) is 5.73 Å². The third kappa shape index (κ3) is 2.16. The Kier molecular flexibility index (Phi) is 2.74. The van der Waals surface area contributed by atoms with Crippen LogP contribution in [0.1, 0.15) is 6.42 Å². The quantitative estimate of drug-likeness (QED) is 0.741. The van der Waals surface area contributed by atoms with Gasteiger partial charge in [-0.2, -0.15) is 13.2 Å². The summed E-state index contributed by atoms with van der Waals surface area (Å²) in [5, 5.41) is 0.279. The van der Waals surface area contributed by atoms with Gasteiger partial charge in [-0.3, -0.25) is 4.79 Å². The van der Waals surface area contributed by atoms with E-state index in [9.17, 15) is 18.0 Å². The number of hydrogen-bond acceptors (Lipinski definition) is 2. The molecule has 1 atom stereocenters. The van der Waals surface area contributed by atoms with Crippen molar-refractivity contribution in [2.45, 2.75) is 18.1 Å². The van der Waals surface area contributed by atoms with Crippen LogP contribution in [0.3, 0.4) is 0 Å². The normalized spacial score (nSPS) is 27.4. The first-order chi connectivity index (χ1) is 6.26. The van der Waals surface area contributed by atoms with Crippen LogP contribution in [-0.4, -0.2) is 17.5 Å². The van der Waals surface area contributed by atoms with Crippen molar-refractivity contribution in [3.8, 4) is 0 Å². The van der Waals surface area contributed by atoms with Gasteiger partial charge in [0.05, 0.1) is 0 Å². The molecule has 78 valence electrons. The van der Waals surface area contributed by atoms with E-state index in [0.29, 0.717) is 0 Å². The Morgan fingerprint density at radius 1 is 1.57 bits per heavy atom. The molecule has 1 aliphatic rings. The van der Waals surface area contributed by atoms with Gasteiger partial charge in [-0.1, -0.05) is 23.8 Å². The fourth-order valence-electron chi connectivity index (χ4n) is 1.06. The van der Waals surface area contributed by atoms with Crippen molar-refractivity contribution in [3.05, 3.63) is 23.3 Å². The highest BCUT2D eigenvalue weighted by atomic mass is 35.5. The average molecular weight is 226 g/mol. The molecular formula is C8H7ClF3NO. The summed E-state index contributed by atoms with van der Waals surface area (Å²) in [4.78, 5) is 10.9. The highest BCUT2D eigenvalue weighted by Gasteiger charge is 2.49. The minimum Gasteiger partial charge on any atom is -0.315 e. The second-order valence-corrected chi connectivity index (χ2v) is 3.43. The fraction of sp³-hybridized carbons (Fsp3) is 0.375. The van der Waals surface area contributed by atoms with Crippen molar-refractivity contribution in [2.75, 3.05) is 0 Å². The van der Waals surface area contributed by atoms with Crippen LogP contribution in [0.4, 0.5) is 13.2 Å². The Bertz CT molecular complexity index is 321. The highest BCUT2D eigenvalue weighted by molar-refractivity contribution is 6.31. The molecule has 0 heterocycles. The minimum atomic E-state index is -4.92. The van der Waals surface area contributed by atoms with Crippen molar-refractivity contribution in [1.82, 2.24) is 0 Å². The van der Waals surface area contributed by atoms with Gasteiger partial charge in [0.1, 0.15) is 5.54 Å². The summed E-state index contributed by atoms with van der Waals surface area (Å²) in [6.07, 6.45) is -1.71. The number of rotatable bonds is 1. The van der Waals surface area contributed by atoms with Gasteiger partial charge >= 0.3 is 6.18 Å². The maximum atomic E-state index is 12.1. The van der Waals surface area contributed by atoms with E-state index in [2.05, 4.69) is 0 Å². The smallest absolute Gasteiger partial charge is 0.315 e. The number of Topliss-reactive ketones (excluding diaryl/α,β-unsaturated/α-hetero) is 1. The average Bonchev–Trinajstić information content (AvgIpc) is 2.08. The Balaban J connectivity index is 2.90. The van der Waals surface area contributed by atoms with Crippen LogP contribution in [0.2, 0.25) is 0 Å². The molecule has 6 heteroatoms. The van der Waals surface area contributed by atoms with Crippen LogP contribution in [0, 0.1) is 0 Å². The number of alkyl halides is 3. The summed E-state index contributed by atoms with van der Waals surface area (Å²) in [5.41, 5.74) is 3.29. The van der Waals surface area contributed by atoms with E-state index in [1.54, 1.807) is 0 Å². The number of allylic oxidation sites excluding steroid dienone is 2. The first-order valence-corrected chi connectivity index (χ1v) is 4.09. The predicted molar refractivity (Wildman–Crippen MR) is 45.7 cm³/mol. The van der Waals surface area contributed by atoms with Crippen molar-refractivity contribution >= 4 is 17.4 Å². The van der Waals surface area contributed by atoms with Gasteiger partial charge in [0, 0.05) is 5.03 Å². The molecule has 0 aliphatic heterocycles. The first-order valence-electron chi connectivity index (χ1n) is 3.71. The zero-order valence-electron chi connectivity index (χ0n) is 6.94. The molecule has 0 aromatic rings. The highest BCUT2D eigenvalue weighted by Crippen LogP contribution is 2.29. The fourth-order valence-corrected chi connectivity index (χ4v) is 1.20. The zero-order valence-corrected chi connectivity index (χ0v) is 7.69. The SMILES string of the molecule is NC1(C(=O)C(F)(F)F)C=CC(Cl)=CC1. The molecule has 0 spiro atoms. The second-order valence-electron chi connectivity index (χ2n) is 2.99. The lowest BCUT2D eigenvalue weighted by Crippen LogP contribution is -2.52. The molecular weight excluding hydrogens is 219 g/mol. The summed E-state index contributed by atoms with van der Waals surface area (Å²) in [6, 6.07) is 0. The lowest BCUT2D eigenvalue weighted by Gasteiger charge is -2.26. The van der Waals surface area contributed by atoms with E-state index >= 15 is 0 Å². The van der Waals surface area contributed by atoms with E-state index in [0.717, 1.165) is 6.08 Å². The molecule has 0 aromatic heterocycles. The van der Waals surface area contributed by atoms with Crippen molar-refractivity contribution < 1.29 is 18.0 Å². The van der Waals surface area contributed by atoms with Gasteiger partial charge in [0.25, 0.3) is 5.78 Å². The summed E-state index contributed by atoms with van der Waals surface area (Å²) in [7, 11) is 0. The largest absolute Gasteiger partial charge is 0.452 e. The molecule has 1 unspecified atom stereocenters. The van der Waals surface area contributed by atoms with Crippen molar-refractivity contribution in [1.29, 1.82) is 0 Å². The molecule has 1 rings (SSSR count). The van der Waals surface area contributed by atoms with Gasteiger partial charge in [-0.25, -0.2) is 0 Å². The van der Waals surface area contributed by atoms with E-state index in [1.165, 1.54) is 12.2 Å². The monoisotopic (exact) mass is 225 g/mol. The second kappa shape index (κ2) is 3.40. The third-order valence-electron chi connectivity index (χ3n) is 1.86. The van der Waals surface area contributed by atoms with E-state index < -0.39 is 17.5 Å². The Morgan fingerprint density at radius 3 is 2.50 bits per heavy atom. The Morgan fingerprint density at radius 2 is 2.14 bits per heavy atom. The lowest BCUT2D eigenvalue weighted by molar-refractivity contribution is -0.175. The van der Waals surface area contributed by atoms with Crippen LogP contribution in [0.5, 0.6) is 0 Å². The van der Waals surface area contributed by atoms with Gasteiger partial charge in [-0.15, -0.1) is 0 Å². The molecule has 2 nitrogen and oxygen atoms in total. The molecule has 0 saturated carbocycles.